The number of hydrogen-bond donors (Lipinski definition) is 3. The maximum atomic E-state index is 11.8. The van der Waals surface area contributed by atoms with E-state index in [1.807, 2.05) is 38.2 Å². The summed E-state index contributed by atoms with van der Waals surface area (Å²) in [7, 11) is 1.91. The van der Waals surface area contributed by atoms with Crippen LogP contribution >= 0.6 is 11.3 Å². The van der Waals surface area contributed by atoms with Crippen LogP contribution in [0.2, 0.25) is 0 Å². The Bertz CT molecular complexity index is 581. The number of urea groups is 1. The summed E-state index contributed by atoms with van der Waals surface area (Å²) < 4.78 is 0. The predicted molar refractivity (Wildman–Crippen MR) is 81.2 cm³/mol. The number of aryl methyl sites for hydroxylation is 1. The molecular weight excluding hydrogens is 274 g/mol. The lowest BCUT2D eigenvalue weighted by Gasteiger charge is -2.11. The van der Waals surface area contributed by atoms with E-state index in [-0.39, 0.29) is 12.1 Å². The zero-order valence-electron chi connectivity index (χ0n) is 11.6. The number of amides is 2. The summed E-state index contributed by atoms with van der Waals surface area (Å²) in [6.07, 6.45) is 0. The lowest BCUT2D eigenvalue weighted by molar-refractivity contribution is 0.262. The second-order valence-corrected chi connectivity index (χ2v) is 5.52. The van der Waals surface area contributed by atoms with Gasteiger partial charge in [0, 0.05) is 11.7 Å². The fourth-order valence-electron chi connectivity index (χ4n) is 1.63. The summed E-state index contributed by atoms with van der Waals surface area (Å²) in [5.74, 6) is 0. The molecule has 0 saturated heterocycles. The molecule has 0 bridgehead atoms. The van der Waals surface area contributed by atoms with Gasteiger partial charge in [0.25, 0.3) is 0 Å². The van der Waals surface area contributed by atoms with E-state index >= 15 is 0 Å². The molecule has 2 rings (SSSR count). The minimum atomic E-state index is -0.324. The van der Waals surface area contributed by atoms with Gasteiger partial charge < -0.3 is 10.6 Å². The van der Waals surface area contributed by atoms with Crippen LogP contribution in [0.4, 0.5) is 15.6 Å². The van der Waals surface area contributed by atoms with Crippen LogP contribution in [-0.2, 0) is 0 Å². The smallest absolute Gasteiger partial charge is 0.313 e. The van der Waals surface area contributed by atoms with E-state index in [1.54, 1.807) is 0 Å². The van der Waals surface area contributed by atoms with Crippen molar-refractivity contribution in [3.05, 3.63) is 34.8 Å². The summed E-state index contributed by atoms with van der Waals surface area (Å²) in [6, 6.07) is 7.65. The van der Waals surface area contributed by atoms with Gasteiger partial charge in [0.15, 0.2) is 0 Å². The number of nitrogens with one attached hydrogen (secondary N) is 3. The Balaban J connectivity index is 1.94. The van der Waals surface area contributed by atoms with Crippen molar-refractivity contribution in [2.45, 2.75) is 19.9 Å². The Morgan fingerprint density at radius 2 is 1.90 bits per heavy atom. The summed E-state index contributed by atoms with van der Waals surface area (Å²) in [5.41, 5.74) is 1.90. The number of rotatable bonds is 4. The number of hydrogen-bond acceptors (Lipinski definition) is 5. The van der Waals surface area contributed by atoms with E-state index in [0.717, 1.165) is 10.7 Å². The number of nitrogens with zero attached hydrogens (tertiary/aromatic N) is 2. The molecule has 0 spiro atoms. The molecule has 7 heteroatoms. The van der Waals surface area contributed by atoms with Crippen LogP contribution in [0.3, 0.4) is 0 Å². The van der Waals surface area contributed by atoms with Crippen molar-refractivity contribution in [1.29, 1.82) is 0 Å². The van der Waals surface area contributed by atoms with Crippen LogP contribution in [0, 0.1) is 6.92 Å². The molecule has 6 nitrogen and oxygen atoms in total. The third-order valence-electron chi connectivity index (χ3n) is 2.85. The first-order chi connectivity index (χ1) is 9.58. The van der Waals surface area contributed by atoms with Crippen molar-refractivity contribution < 1.29 is 4.79 Å². The van der Waals surface area contributed by atoms with Crippen LogP contribution in [0.5, 0.6) is 0 Å². The van der Waals surface area contributed by atoms with Gasteiger partial charge in [-0.3, -0.25) is 5.32 Å². The standard InChI is InChI=1S/C13H17N5OS/c1-8(14-3)10-4-6-11(7-5-10)15-12(19)16-13-18-17-9(2)20-13/h4-8,14H,1-3H3,(H2,15,16,18,19). The van der Waals surface area contributed by atoms with Gasteiger partial charge in [0.2, 0.25) is 5.13 Å². The van der Waals surface area contributed by atoms with Crippen LogP contribution < -0.4 is 16.0 Å². The minimum absolute atomic E-state index is 0.280. The van der Waals surface area contributed by atoms with Crippen molar-refractivity contribution >= 4 is 28.2 Å². The van der Waals surface area contributed by atoms with Gasteiger partial charge in [0.1, 0.15) is 5.01 Å². The van der Waals surface area contributed by atoms with Crippen molar-refractivity contribution in [3.63, 3.8) is 0 Å². The molecule has 0 aliphatic rings. The van der Waals surface area contributed by atoms with Gasteiger partial charge >= 0.3 is 6.03 Å². The highest BCUT2D eigenvalue weighted by Gasteiger charge is 2.07. The molecule has 1 unspecified atom stereocenters. The predicted octanol–water partition coefficient (Wildman–Crippen LogP) is 2.77. The van der Waals surface area contributed by atoms with Crippen molar-refractivity contribution in [2.24, 2.45) is 0 Å². The topological polar surface area (TPSA) is 78.9 Å². The molecule has 1 aromatic carbocycles. The van der Waals surface area contributed by atoms with E-state index in [0.29, 0.717) is 5.13 Å². The van der Waals surface area contributed by atoms with E-state index in [4.69, 9.17) is 0 Å². The van der Waals surface area contributed by atoms with Crippen LogP contribution in [0.15, 0.2) is 24.3 Å². The molecule has 0 saturated carbocycles. The fraction of sp³-hybridized carbons (Fsp3) is 0.308. The first-order valence-electron chi connectivity index (χ1n) is 6.24. The zero-order chi connectivity index (χ0) is 14.5. The molecule has 1 aromatic heterocycles. The zero-order valence-corrected chi connectivity index (χ0v) is 12.4. The molecule has 20 heavy (non-hydrogen) atoms. The minimum Gasteiger partial charge on any atom is -0.313 e. The number of anilines is 2. The highest BCUT2D eigenvalue weighted by atomic mass is 32.1. The lowest BCUT2D eigenvalue weighted by Crippen LogP contribution is -2.19. The van der Waals surface area contributed by atoms with E-state index < -0.39 is 0 Å². The number of aromatic nitrogens is 2. The normalized spacial score (nSPS) is 11.9. The van der Waals surface area contributed by atoms with Gasteiger partial charge in [-0.05, 0) is 38.6 Å². The van der Waals surface area contributed by atoms with Gasteiger partial charge in [-0.25, -0.2) is 4.79 Å². The molecule has 106 valence electrons. The van der Waals surface area contributed by atoms with Crippen molar-refractivity contribution in [3.8, 4) is 0 Å². The van der Waals surface area contributed by atoms with Gasteiger partial charge in [-0.15, -0.1) is 10.2 Å². The summed E-state index contributed by atoms with van der Waals surface area (Å²) in [4.78, 5) is 11.8. The van der Waals surface area contributed by atoms with E-state index in [2.05, 4.69) is 33.1 Å². The van der Waals surface area contributed by atoms with E-state index in [9.17, 15) is 4.79 Å². The molecule has 0 fully saturated rings. The number of benzene rings is 1. The Hall–Kier alpha value is -1.99. The maximum absolute atomic E-state index is 11.8. The first kappa shape index (κ1) is 14.4. The molecule has 0 aliphatic heterocycles. The highest BCUT2D eigenvalue weighted by molar-refractivity contribution is 7.15. The second kappa shape index (κ2) is 6.44. The average molecular weight is 291 g/mol. The average Bonchev–Trinajstić information content (AvgIpc) is 2.84. The Kier molecular flexibility index (Phi) is 4.65. The molecule has 1 heterocycles. The molecule has 2 amide bonds. The molecule has 1 atom stereocenters. The molecular formula is C13H17N5OS. The third kappa shape index (κ3) is 3.75. The molecule has 0 radical (unpaired) electrons. The third-order valence-corrected chi connectivity index (χ3v) is 3.60. The SMILES string of the molecule is CNC(C)c1ccc(NC(=O)Nc2nnc(C)s2)cc1. The molecule has 2 aromatic rings. The van der Waals surface area contributed by atoms with Crippen molar-refractivity contribution in [2.75, 3.05) is 17.7 Å². The van der Waals surface area contributed by atoms with Crippen LogP contribution in [0.25, 0.3) is 0 Å². The number of carbonyl (C=O) groups is 1. The molecule has 0 aliphatic carbocycles. The summed E-state index contributed by atoms with van der Waals surface area (Å²) in [5, 5.41) is 17.5. The molecule has 3 N–H and O–H groups in total. The van der Waals surface area contributed by atoms with Gasteiger partial charge in [-0.1, -0.05) is 23.5 Å². The fourth-order valence-corrected chi connectivity index (χ4v) is 2.22. The highest BCUT2D eigenvalue weighted by Crippen LogP contribution is 2.17. The summed E-state index contributed by atoms with van der Waals surface area (Å²) >= 11 is 1.33. The monoisotopic (exact) mass is 291 g/mol. The first-order valence-corrected chi connectivity index (χ1v) is 7.05. The Morgan fingerprint density at radius 3 is 2.45 bits per heavy atom. The maximum Gasteiger partial charge on any atom is 0.325 e. The largest absolute Gasteiger partial charge is 0.325 e. The van der Waals surface area contributed by atoms with Crippen LogP contribution in [0.1, 0.15) is 23.5 Å². The second-order valence-electron chi connectivity index (χ2n) is 4.34. The quantitative estimate of drug-likeness (QED) is 0.809. The van der Waals surface area contributed by atoms with Gasteiger partial charge in [0.05, 0.1) is 0 Å². The van der Waals surface area contributed by atoms with Gasteiger partial charge in [-0.2, -0.15) is 0 Å². The van der Waals surface area contributed by atoms with Crippen LogP contribution in [-0.4, -0.2) is 23.3 Å². The summed E-state index contributed by atoms with van der Waals surface area (Å²) in [6.45, 7) is 3.91. The van der Waals surface area contributed by atoms with E-state index in [1.165, 1.54) is 16.9 Å². The van der Waals surface area contributed by atoms with Crippen molar-refractivity contribution in [1.82, 2.24) is 15.5 Å². The number of carbonyl (C=O) groups excluding carboxylic acids is 1. The lowest BCUT2D eigenvalue weighted by atomic mass is 10.1. The Labute approximate surface area is 121 Å². The Morgan fingerprint density at radius 1 is 1.20 bits per heavy atom.